The first-order valence-corrected chi connectivity index (χ1v) is 4.85. The third kappa shape index (κ3) is 2.42. The molecule has 1 heterocycles. The molecule has 2 unspecified atom stereocenters. The van der Waals surface area contributed by atoms with Gasteiger partial charge in [-0.15, -0.1) is 0 Å². The third-order valence-corrected chi connectivity index (χ3v) is 2.76. The molecular weight excluding hydrogens is 168 g/mol. The zero-order valence-corrected chi connectivity index (χ0v) is 8.07. The number of piperidine rings is 1. The van der Waals surface area contributed by atoms with Crippen molar-refractivity contribution in [3.63, 3.8) is 0 Å². The van der Waals surface area contributed by atoms with Crippen LogP contribution in [-0.2, 0) is 4.79 Å². The normalized spacial score (nSPS) is 27.1. The Morgan fingerprint density at radius 2 is 2.38 bits per heavy atom. The molecule has 76 valence electrons. The Morgan fingerprint density at radius 3 is 2.85 bits per heavy atom. The molecule has 2 atom stereocenters. The number of rotatable bonds is 3. The van der Waals surface area contributed by atoms with Crippen LogP contribution in [0.25, 0.3) is 0 Å². The van der Waals surface area contributed by atoms with Crippen LogP contribution in [0.4, 0.5) is 0 Å². The second-order valence-electron chi connectivity index (χ2n) is 3.67. The lowest BCUT2D eigenvalue weighted by Gasteiger charge is -2.36. The van der Waals surface area contributed by atoms with Crippen LogP contribution in [0.2, 0.25) is 0 Å². The van der Waals surface area contributed by atoms with Gasteiger partial charge in [0.1, 0.15) is 6.04 Å². The zero-order valence-electron chi connectivity index (χ0n) is 8.07. The molecule has 0 bridgehead atoms. The molecule has 4 nitrogen and oxygen atoms in total. The molecule has 0 aromatic rings. The summed E-state index contributed by atoms with van der Waals surface area (Å²) in [5.74, 6) is -0.795. The molecule has 0 spiro atoms. The molecule has 0 aliphatic carbocycles. The predicted molar refractivity (Wildman–Crippen MR) is 50.5 cm³/mol. The first-order valence-electron chi connectivity index (χ1n) is 4.85. The molecular formula is C9H18N2O2. The molecule has 4 heteroatoms. The highest BCUT2D eigenvalue weighted by Gasteiger charge is 2.29. The fourth-order valence-corrected chi connectivity index (χ4v) is 1.96. The average Bonchev–Trinajstić information content (AvgIpc) is 2.09. The third-order valence-electron chi connectivity index (χ3n) is 2.76. The number of aliphatic carboxylic acids is 1. The van der Waals surface area contributed by atoms with Gasteiger partial charge in [0, 0.05) is 12.6 Å². The van der Waals surface area contributed by atoms with Crippen LogP contribution in [0.3, 0.4) is 0 Å². The standard InChI is InChI=1S/C9H18N2O2/c1-7-4-2-3-5-11(7)8(6-10)9(12)13/h7-8H,2-6,10H2,1H3,(H,12,13). The molecule has 0 amide bonds. The van der Waals surface area contributed by atoms with E-state index in [1.807, 2.05) is 4.90 Å². The minimum absolute atomic E-state index is 0.208. The van der Waals surface area contributed by atoms with Crippen molar-refractivity contribution in [3.05, 3.63) is 0 Å². The number of carbonyl (C=O) groups is 1. The highest BCUT2D eigenvalue weighted by atomic mass is 16.4. The van der Waals surface area contributed by atoms with Crippen LogP contribution in [0.15, 0.2) is 0 Å². The van der Waals surface area contributed by atoms with Crippen LogP contribution >= 0.6 is 0 Å². The van der Waals surface area contributed by atoms with Gasteiger partial charge in [-0.1, -0.05) is 6.42 Å². The summed E-state index contributed by atoms with van der Waals surface area (Å²) >= 11 is 0. The lowest BCUT2D eigenvalue weighted by atomic mass is 10.0. The van der Waals surface area contributed by atoms with Crippen molar-refractivity contribution in [1.29, 1.82) is 0 Å². The summed E-state index contributed by atoms with van der Waals surface area (Å²) < 4.78 is 0. The van der Waals surface area contributed by atoms with Crippen LogP contribution in [0.5, 0.6) is 0 Å². The fraction of sp³-hybridized carbons (Fsp3) is 0.889. The van der Waals surface area contributed by atoms with E-state index in [0.29, 0.717) is 6.04 Å². The maximum Gasteiger partial charge on any atom is 0.322 e. The smallest absolute Gasteiger partial charge is 0.322 e. The number of nitrogens with two attached hydrogens (primary N) is 1. The van der Waals surface area contributed by atoms with Crippen molar-refractivity contribution < 1.29 is 9.90 Å². The van der Waals surface area contributed by atoms with Crippen molar-refractivity contribution in [2.75, 3.05) is 13.1 Å². The number of nitrogens with zero attached hydrogens (tertiary/aromatic N) is 1. The summed E-state index contributed by atoms with van der Waals surface area (Å²) in [7, 11) is 0. The maximum absolute atomic E-state index is 10.9. The molecule has 1 rings (SSSR count). The van der Waals surface area contributed by atoms with Gasteiger partial charge in [0.15, 0.2) is 0 Å². The van der Waals surface area contributed by atoms with Gasteiger partial charge in [-0.2, -0.15) is 0 Å². The van der Waals surface area contributed by atoms with E-state index in [4.69, 9.17) is 10.8 Å². The summed E-state index contributed by atoms with van der Waals surface area (Å²) in [6.07, 6.45) is 3.38. The van der Waals surface area contributed by atoms with Crippen molar-refractivity contribution >= 4 is 5.97 Å². The van der Waals surface area contributed by atoms with Crippen molar-refractivity contribution in [1.82, 2.24) is 4.90 Å². The van der Waals surface area contributed by atoms with E-state index in [1.165, 1.54) is 6.42 Å². The minimum Gasteiger partial charge on any atom is -0.480 e. The minimum atomic E-state index is -0.795. The zero-order chi connectivity index (χ0) is 9.84. The fourth-order valence-electron chi connectivity index (χ4n) is 1.96. The average molecular weight is 186 g/mol. The molecule has 13 heavy (non-hydrogen) atoms. The summed E-state index contributed by atoms with van der Waals surface area (Å²) in [5, 5.41) is 8.92. The lowest BCUT2D eigenvalue weighted by molar-refractivity contribution is -0.144. The highest BCUT2D eigenvalue weighted by Crippen LogP contribution is 2.18. The first kappa shape index (κ1) is 10.5. The van der Waals surface area contributed by atoms with Gasteiger partial charge in [-0.05, 0) is 26.3 Å². The number of likely N-dealkylation sites (tertiary alicyclic amines) is 1. The predicted octanol–water partition coefficient (Wildman–Crippen LogP) is 0.273. The lowest BCUT2D eigenvalue weighted by Crippen LogP contribution is -2.52. The van der Waals surface area contributed by atoms with E-state index in [9.17, 15) is 4.79 Å². The monoisotopic (exact) mass is 186 g/mol. The summed E-state index contributed by atoms with van der Waals surface area (Å²) in [6, 6.07) is -0.131. The Labute approximate surface area is 78.7 Å². The van der Waals surface area contributed by atoms with Gasteiger partial charge in [-0.25, -0.2) is 0 Å². The molecule has 1 saturated heterocycles. The number of hydrogen-bond donors (Lipinski definition) is 2. The number of hydrogen-bond acceptors (Lipinski definition) is 3. The SMILES string of the molecule is CC1CCCCN1C(CN)C(=O)O. The van der Waals surface area contributed by atoms with Crippen molar-refractivity contribution in [2.45, 2.75) is 38.3 Å². The first-order chi connectivity index (χ1) is 6.16. The van der Waals surface area contributed by atoms with Crippen LogP contribution in [-0.4, -0.2) is 41.1 Å². The number of carboxylic acids is 1. The van der Waals surface area contributed by atoms with E-state index < -0.39 is 12.0 Å². The van der Waals surface area contributed by atoms with E-state index in [2.05, 4.69) is 6.92 Å². The molecule has 0 aromatic carbocycles. The van der Waals surface area contributed by atoms with Gasteiger partial charge < -0.3 is 10.8 Å². The molecule has 0 aromatic heterocycles. The van der Waals surface area contributed by atoms with E-state index in [1.54, 1.807) is 0 Å². The highest BCUT2D eigenvalue weighted by molar-refractivity contribution is 5.73. The van der Waals surface area contributed by atoms with Crippen molar-refractivity contribution in [3.8, 4) is 0 Å². The Bertz CT molecular complexity index is 184. The molecule has 3 N–H and O–H groups in total. The molecule has 1 aliphatic heterocycles. The Balaban J connectivity index is 2.60. The second-order valence-corrected chi connectivity index (χ2v) is 3.67. The van der Waals surface area contributed by atoms with Gasteiger partial charge >= 0.3 is 5.97 Å². The molecule has 1 fully saturated rings. The topological polar surface area (TPSA) is 66.6 Å². The van der Waals surface area contributed by atoms with E-state index >= 15 is 0 Å². The maximum atomic E-state index is 10.9. The Kier molecular flexibility index (Phi) is 3.69. The van der Waals surface area contributed by atoms with Crippen LogP contribution < -0.4 is 5.73 Å². The summed E-state index contributed by atoms with van der Waals surface area (Å²) in [6.45, 7) is 3.15. The quantitative estimate of drug-likeness (QED) is 0.664. The van der Waals surface area contributed by atoms with E-state index in [-0.39, 0.29) is 6.54 Å². The van der Waals surface area contributed by atoms with Gasteiger partial charge in [0.05, 0.1) is 0 Å². The summed E-state index contributed by atoms with van der Waals surface area (Å²) in [4.78, 5) is 12.9. The molecule has 1 aliphatic rings. The number of carboxylic acid groups (broad SMARTS) is 1. The Morgan fingerprint density at radius 1 is 1.69 bits per heavy atom. The summed E-state index contributed by atoms with van der Waals surface area (Å²) in [5.41, 5.74) is 5.44. The van der Waals surface area contributed by atoms with Gasteiger partial charge in [0.2, 0.25) is 0 Å². The largest absolute Gasteiger partial charge is 0.480 e. The van der Waals surface area contributed by atoms with Crippen molar-refractivity contribution in [2.24, 2.45) is 5.73 Å². The van der Waals surface area contributed by atoms with Gasteiger partial charge in [0.25, 0.3) is 0 Å². The van der Waals surface area contributed by atoms with Crippen LogP contribution in [0.1, 0.15) is 26.2 Å². The Hall–Kier alpha value is -0.610. The molecule has 0 radical (unpaired) electrons. The molecule has 0 saturated carbocycles. The second kappa shape index (κ2) is 4.58. The van der Waals surface area contributed by atoms with Gasteiger partial charge in [-0.3, -0.25) is 9.69 Å². The van der Waals surface area contributed by atoms with Crippen LogP contribution in [0, 0.1) is 0 Å². The van der Waals surface area contributed by atoms with E-state index in [0.717, 1.165) is 19.4 Å².